The van der Waals surface area contributed by atoms with Crippen LogP contribution in [-0.2, 0) is 10.9 Å². The molecule has 0 amide bonds. The zero-order valence-electron chi connectivity index (χ0n) is 12.6. The Labute approximate surface area is 135 Å². The van der Waals surface area contributed by atoms with E-state index in [0.717, 1.165) is 12.1 Å². The van der Waals surface area contributed by atoms with E-state index in [9.17, 15) is 18.0 Å². The van der Waals surface area contributed by atoms with E-state index >= 15 is 0 Å². The molecule has 8 heteroatoms. The van der Waals surface area contributed by atoms with Crippen LogP contribution in [0.4, 0.5) is 13.2 Å². The average Bonchev–Trinajstić information content (AvgIpc) is 2.54. The lowest BCUT2D eigenvalue weighted by Crippen LogP contribution is -2.08. The topological polar surface area (TPSA) is 68.7 Å². The van der Waals surface area contributed by atoms with E-state index in [2.05, 4.69) is 4.98 Å². The molecule has 0 bridgehead atoms. The summed E-state index contributed by atoms with van der Waals surface area (Å²) in [5, 5.41) is 9.04. The molecule has 128 valence electrons. The smallest absolute Gasteiger partial charge is 0.416 e. The van der Waals surface area contributed by atoms with Gasteiger partial charge in [0, 0.05) is 12.7 Å². The molecule has 0 saturated carbocycles. The van der Waals surface area contributed by atoms with E-state index in [1.807, 2.05) is 0 Å². The van der Waals surface area contributed by atoms with Crippen LogP contribution in [0.25, 0.3) is 11.3 Å². The normalized spacial score (nSPS) is 11.3. The first-order valence-electron chi connectivity index (χ1n) is 6.86. The van der Waals surface area contributed by atoms with Crippen molar-refractivity contribution >= 4 is 5.97 Å². The van der Waals surface area contributed by atoms with Crippen LogP contribution < -0.4 is 4.74 Å². The van der Waals surface area contributed by atoms with Crippen molar-refractivity contribution in [2.24, 2.45) is 0 Å². The first kappa shape index (κ1) is 17.7. The van der Waals surface area contributed by atoms with Crippen LogP contribution in [0, 0.1) is 0 Å². The van der Waals surface area contributed by atoms with Gasteiger partial charge in [-0.05, 0) is 24.3 Å². The molecule has 0 unspecified atom stereocenters. The van der Waals surface area contributed by atoms with Gasteiger partial charge >= 0.3 is 12.1 Å². The van der Waals surface area contributed by atoms with Gasteiger partial charge < -0.3 is 14.6 Å². The molecule has 5 nitrogen and oxygen atoms in total. The number of pyridine rings is 1. The maximum atomic E-state index is 12.6. The highest BCUT2D eigenvalue weighted by Gasteiger charge is 2.30. The standard InChI is InChI=1S/C16H14F3NO4/c1-23-8-9-24-13-7-6-12(15(21)22)20-14(13)10-2-4-11(5-3-10)16(17,18)19/h2-7H,8-9H2,1H3,(H,21,22). The molecule has 0 radical (unpaired) electrons. The van der Waals surface area contributed by atoms with E-state index in [0.29, 0.717) is 12.2 Å². The number of carboxylic acids is 1. The Morgan fingerprint density at radius 3 is 2.33 bits per heavy atom. The van der Waals surface area contributed by atoms with Gasteiger partial charge in [0.1, 0.15) is 23.7 Å². The highest BCUT2D eigenvalue weighted by molar-refractivity contribution is 5.86. The second-order valence-electron chi connectivity index (χ2n) is 4.76. The molecule has 0 spiro atoms. The number of nitrogens with zero attached hydrogens (tertiary/aromatic N) is 1. The minimum atomic E-state index is -4.45. The van der Waals surface area contributed by atoms with E-state index in [1.165, 1.54) is 31.4 Å². The quantitative estimate of drug-likeness (QED) is 0.815. The Bertz CT molecular complexity index is 714. The largest absolute Gasteiger partial charge is 0.489 e. The number of aromatic carboxylic acids is 1. The van der Waals surface area contributed by atoms with Crippen LogP contribution in [0.5, 0.6) is 5.75 Å². The lowest BCUT2D eigenvalue weighted by Gasteiger charge is -2.12. The summed E-state index contributed by atoms with van der Waals surface area (Å²) in [7, 11) is 1.49. The second kappa shape index (κ2) is 7.31. The third-order valence-corrected chi connectivity index (χ3v) is 3.11. The van der Waals surface area contributed by atoms with Gasteiger partial charge in [-0.15, -0.1) is 0 Å². The Hall–Kier alpha value is -2.61. The zero-order valence-corrected chi connectivity index (χ0v) is 12.6. The van der Waals surface area contributed by atoms with E-state index in [1.54, 1.807) is 0 Å². The number of carbonyl (C=O) groups is 1. The molecule has 1 N–H and O–H groups in total. The second-order valence-corrected chi connectivity index (χ2v) is 4.76. The number of benzene rings is 1. The van der Waals surface area contributed by atoms with Gasteiger partial charge in [-0.1, -0.05) is 12.1 Å². The van der Waals surface area contributed by atoms with Crippen molar-refractivity contribution in [2.45, 2.75) is 6.18 Å². The molecule has 2 aromatic rings. The fraction of sp³-hybridized carbons (Fsp3) is 0.250. The summed E-state index contributed by atoms with van der Waals surface area (Å²) in [5.41, 5.74) is -0.565. The number of halogens is 3. The van der Waals surface area contributed by atoms with Gasteiger partial charge in [-0.2, -0.15) is 13.2 Å². The van der Waals surface area contributed by atoms with Gasteiger partial charge in [-0.25, -0.2) is 9.78 Å². The zero-order chi connectivity index (χ0) is 17.7. The SMILES string of the molecule is COCCOc1ccc(C(=O)O)nc1-c1ccc(C(F)(F)F)cc1. The van der Waals surface area contributed by atoms with Crippen LogP contribution in [0.3, 0.4) is 0 Å². The minimum Gasteiger partial charge on any atom is -0.489 e. The highest BCUT2D eigenvalue weighted by atomic mass is 19.4. The number of carboxylic acid groups (broad SMARTS) is 1. The van der Waals surface area contributed by atoms with Crippen molar-refractivity contribution in [1.82, 2.24) is 4.98 Å². The van der Waals surface area contributed by atoms with Gasteiger partial charge in [0.2, 0.25) is 0 Å². The van der Waals surface area contributed by atoms with Gasteiger partial charge in [0.05, 0.1) is 12.2 Å². The van der Waals surface area contributed by atoms with Crippen molar-refractivity contribution in [3.63, 3.8) is 0 Å². The van der Waals surface area contributed by atoms with Crippen LogP contribution in [0.1, 0.15) is 16.1 Å². The average molecular weight is 341 g/mol. The van der Waals surface area contributed by atoms with Crippen molar-refractivity contribution in [3.8, 4) is 17.0 Å². The van der Waals surface area contributed by atoms with Crippen molar-refractivity contribution in [1.29, 1.82) is 0 Å². The Kier molecular flexibility index (Phi) is 5.40. The summed E-state index contributed by atoms with van der Waals surface area (Å²) in [6.45, 7) is 0.491. The summed E-state index contributed by atoms with van der Waals surface area (Å²) in [6, 6.07) is 6.93. The number of rotatable bonds is 6. The fourth-order valence-corrected chi connectivity index (χ4v) is 1.94. The molecule has 0 fully saturated rings. The maximum absolute atomic E-state index is 12.6. The summed E-state index contributed by atoms with van der Waals surface area (Å²) in [6.07, 6.45) is -4.45. The van der Waals surface area contributed by atoms with E-state index in [-0.39, 0.29) is 23.7 Å². The summed E-state index contributed by atoms with van der Waals surface area (Å²) in [5.74, 6) is -0.983. The Morgan fingerprint density at radius 2 is 1.79 bits per heavy atom. The molecule has 1 aromatic carbocycles. The van der Waals surface area contributed by atoms with Crippen LogP contribution in [0.15, 0.2) is 36.4 Å². The van der Waals surface area contributed by atoms with E-state index < -0.39 is 17.7 Å². The predicted octanol–water partition coefficient (Wildman–Crippen LogP) is 3.49. The van der Waals surface area contributed by atoms with Crippen molar-refractivity contribution in [2.75, 3.05) is 20.3 Å². The molecular weight excluding hydrogens is 327 g/mol. The number of ether oxygens (including phenoxy) is 2. The van der Waals surface area contributed by atoms with Crippen LogP contribution >= 0.6 is 0 Å². The molecule has 1 heterocycles. The molecule has 0 aliphatic heterocycles. The monoisotopic (exact) mass is 341 g/mol. The summed E-state index contributed by atoms with van der Waals surface area (Å²) >= 11 is 0. The summed E-state index contributed by atoms with van der Waals surface area (Å²) in [4.78, 5) is 15.0. The number of methoxy groups -OCH3 is 1. The molecule has 24 heavy (non-hydrogen) atoms. The lowest BCUT2D eigenvalue weighted by atomic mass is 10.1. The number of hydrogen-bond donors (Lipinski definition) is 1. The molecule has 0 aliphatic rings. The minimum absolute atomic E-state index is 0.153. The predicted molar refractivity (Wildman–Crippen MR) is 79.0 cm³/mol. The van der Waals surface area contributed by atoms with Crippen molar-refractivity contribution < 1.29 is 32.5 Å². The molecule has 1 aromatic heterocycles. The number of hydrogen-bond acceptors (Lipinski definition) is 4. The van der Waals surface area contributed by atoms with Gasteiger partial charge in [0.15, 0.2) is 0 Å². The van der Waals surface area contributed by atoms with Crippen LogP contribution in [0.2, 0.25) is 0 Å². The first-order valence-corrected chi connectivity index (χ1v) is 6.86. The first-order chi connectivity index (χ1) is 11.3. The Morgan fingerprint density at radius 1 is 1.12 bits per heavy atom. The molecule has 0 aliphatic carbocycles. The van der Waals surface area contributed by atoms with Crippen molar-refractivity contribution in [3.05, 3.63) is 47.7 Å². The van der Waals surface area contributed by atoms with E-state index in [4.69, 9.17) is 14.6 Å². The molecule has 2 rings (SSSR count). The third kappa shape index (κ3) is 4.23. The molecule has 0 atom stereocenters. The van der Waals surface area contributed by atoms with Gasteiger partial charge in [-0.3, -0.25) is 0 Å². The molecular formula is C16H14F3NO4. The van der Waals surface area contributed by atoms with Gasteiger partial charge in [0.25, 0.3) is 0 Å². The van der Waals surface area contributed by atoms with Crippen LogP contribution in [-0.4, -0.2) is 36.4 Å². The fourth-order valence-electron chi connectivity index (χ4n) is 1.94. The maximum Gasteiger partial charge on any atom is 0.416 e. The number of aromatic nitrogens is 1. The number of alkyl halides is 3. The lowest BCUT2D eigenvalue weighted by molar-refractivity contribution is -0.137. The highest BCUT2D eigenvalue weighted by Crippen LogP contribution is 2.33. The summed E-state index contributed by atoms with van der Waals surface area (Å²) < 4.78 is 48.3. The third-order valence-electron chi connectivity index (χ3n) is 3.11. The Balaban J connectivity index is 2.41. The molecule has 0 saturated heterocycles.